The average molecular weight is 389 g/mol. The number of aromatic nitrogens is 1. The van der Waals surface area contributed by atoms with Gasteiger partial charge in [0.05, 0.1) is 23.0 Å². The molecule has 2 heterocycles. The summed E-state index contributed by atoms with van der Waals surface area (Å²) in [7, 11) is 0. The number of primary amides is 1. The summed E-state index contributed by atoms with van der Waals surface area (Å²) in [4.78, 5) is 27.8. The van der Waals surface area contributed by atoms with Gasteiger partial charge in [-0.05, 0) is 29.7 Å². The molecule has 0 saturated carbocycles. The van der Waals surface area contributed by atoms with Gasteiger partial charge in [0, 0.05) is 5.39 Å². The van der Waals surface area contributed by atoms with Crippen LogP contribution in [0.4, 0.5) is 0 Å². The minimum atomic E-state index is -0.430. The molecule has 2 atom stereocenters. The zero-order valence-corrected chi connectivity index (χ0v) is 15.3. The van der Waals surface area contributed by atoms with Gasteiger partial charge in [-0.3, -0.25) is 14.9 Å². The van der Waals surface area contributed by atoms with Crippen LogP contribution in [0, 0.1) is 0 Å². The number of aromatic amines is 1. The fourth-order valence-corrected chi connectivity index (χ4v) is 4.58. The van der Waals surface area contributed by atoms with Crippen molar-refractivity contribution in [2.45, 2.75) is 18.5 Å². The maximum Gasteiger partial charge on any atom is 0.268 e. The smallest absolute Gasteiger partial charge is 0.268 e. The highest BCUT2D eigenvalue weighted by Crippen LogP contribution is 2.32. The van der Waals surface area contributed by atoms with Crippen molar-refractivity contribution in [2.24, 2.45) is 5.73 Å². The van der Waals surface area contributed by atoms with E-state index in [1.807, 2.05) is 30.3 Å². The first-order chi connectivity index (χ1) is 12.5. The molecule has 1 aliphatic carbocycles. The Balaban J connectivity index is 1.54. The van der Waals surface area contributed by atoms with Crippen molar-refractivity contribution in [3.8, 4) is 0 Å². The second-order valence-corrected chi connectivity index (χ2v) is 8.01. The Morgan fingerprint density at radius 3 is 2.88 bits per heavy atom. The van der Waals surface area contributed by atoms with Gasteiger partial charge in [0.25, 0.3) is 5.91 Å². The summed E-state index contributed by atoms with van der Waals surface area (Å²) in [6, 6.07) is 11.3. The lowest BCUT2D eigenvalue weighted by molar-refractivity contribution is -0.117. The van der Waals surface area contributed by atoms with Gasteiger partial charge in [-0.25, -0.2) is 0 Å². The van der Waals surface area contributed by atoms with Crippen molar-refractivity contribution in [1.29, 1.82) is 0 Å². The van der Waals surface area contributed by atoms with E-state index >= 15 is 0 Å². The number of H-pyrrole nitrogens is 1. The number of carbonyl (C=O) groups is 2. The van der Waals surface area contributed by atoms with E-state index in [0.717, 1.165) is 21.3 Å². The summed E-state index contributed by atoms with van der Waals surface area (Å²) >= 11 is 7.38. The standard InChI is InChI=1S/C18H17ClN4O2S/c19-14-7-10-6-13(23-18(10)26-14)17(25)22-12-5-9-3-1-2-4-11(9)16(12)21-8-15(20)24/h1-4,6-7,12,16,21,23H,5,8H2,(H2,20,24)(H,22,25)/t12-,16+/m1/s1. The number of hydrogen-bond acceptors (Lipinski definition) is 4. The first-order valence-electron chi connectivity index (χ1n) is 8.19. The van der Waals surface area contributed by atoms with Crippen molar-refractivity contribution in [1.82, 2.24) is 15.6 Å². The number of amides is 2. The summed E-state index contributed by atoms with van der Waals surface area (Å²) in [5.41, 5.74) is 8.00. The van der Waals surface area contributed by atoms with E-state index < -0.39 is 5.91 Å². The molecule has 0 spiro atoms. The highest BCUT2D eigenvalue weighted by Gasteiger charge is 2.33. The molecular weight excluding hydrogens is 372 g/mol. The number of fused-ring (bicyclic) bond motifs is 2. The topological polar surface area (TPSA) is 100 Å². The van der Waals surface area contributed by atoms with Gasteiger partial charge in [0.2, 0.25) is 5.91 Å². The number of halogens is 1. The maximum absolute atomic E-state index is 12.7. The van der Waals surface area contributed by atoms with Crippen LogP contribution < -0.4 is 16.4 Å². The molecule has 0 fully saturated rings. The van der Waals surface area contributed by atoms with Gasteiger partial charge in [0.15, 0.2) is 0 Å². The van der Waals surface area contributed by atoms with Crippen molar-refractivity contribution in [3.63, 3.8) is 0 Å². The van der Waals surface area contributed by atoms with Gasteiger partial charge in [-0.2, -0.15) is 0 Å². The second kappa shape index (κ2) is 6.75. The fraction of sp³-hybridized carbons (Fsp3) is 0.222. The molecule has 0 bridgehead atoms. The van der Waals surface area contributed by atoms with Crippen molar-refractivity contribution >= 4 is 45.0 Å². The Morgan fingerprint density at radius 1 is 1.31 bits per heavy atom. The van der Waals surface area contributed by atoms with E-state index in [1.54, 1.807) is 6.07 Å². The summed E-state index contributed by atoms with van der Waals surface area (Å²) in [6.45, 7) is 0.0576. The first kappa shape index (κ1) is 17.1. The molecule has 26 heavy (non-hydrogen) atoms. The molecular formula is C18H17ClN4O2S. The molecule has 3 aromatic rings. The number of nitrogens with one attached hydrogen (secondary N) is 3. The Labute approximate surface area is 158 Å². The quantitative estimate of drug-likeness (QED) is 0.539. The van der Waals surface area contributed by atoms with Crippen LogP contribution >= 0.6 is 22.9 Å². The van der Waals surface area contributed by atoms with E-state index in [9.17, 15) is 9.59 Å². The molecule has 5 N–H and O–H groups in total. The summed E-state index contributed by atoms with van der Waals surface area (Å²) in [5, 5.41) is 7.15. The molecule has 2 amide bonds. The zero-order chi connectivity index (χ0) is 18.3. The molecule has 0 radical (unpaired) electrons. The summed E-state index contributed by atoms with van der Waals surface area (Å²) < 4.78 is 0.681. The first-order valence-corrected chi connectivity index (χ1v) is 9.39. The van der Waals surface area contributed by atoms with Crippen LogP contribution in [-0.4, -0.2) is 29.4 Å². The summed E-state index contributed by atoms with van der Waals surface area (Å²) in [6.07, 6.45) is 0.694. The third-order valence-corrected chi connectivity index (χ3v) is 5.76. The average Bonchev–Trinajstić information content (AvgIpc) is 3.23. The van der Waals surface area contributed by atoms with E-state index in [2.05, 4.69) is 15.6 Å². The maximum atomic E-state index is 12.7. The van der Waals surface area contributed by atoms with E-state index in [4.69, 9.17) is 17.3 Å². The molecule has 0 aliphatic heterocycles. The zero-order valence-electron chi connectivity index (χ0n) is 13.7. The van der Waals surface area contributed by atoms with Crippen molar-refractivity contribution < 1.29 is 9.59 Å². The minimum absolute atomic E-state index is 0.0576. The molecule has 8 heteroatoms. The molecule has 4 rings (SSSR count). The van der Waals surface area contributed by atoms with Crippen LogP contribution in [0.15, 0.2) is 36.4 Å². The molecule has 2 aromatic heterocycles. The minimum Gasteiger partial charge on any atom is -0.369 e. The Kier molecular flexibility index (Phi) is 4.44. The van der Waals surface area contributed by atoms with Gasteiger partial charge < -0.3 is 16.0 Å². The SMILES string of the molecule is NC(=O)CN[C@H]1c2ccccc2C[C@H]1NC(=O)c1cc2cc(Cl)sc2[nH]1. The lowest BCUT2D eigenvalue weighted by atomic mass is 10.1. The molecule has 1 aliphatic rings. The third kappa shape index (κ3) is 3.21. The number of nitrogens with two attached hydrogens (primary N) is 1. The number of rotatable bonds is 5. The van der Waals surface area contributed by atoms with Gasteiger partial charge in [-0.15, -0.1) is 11.3 Å². The Bertz CT molecular complexity index is 965. The van der Waals surface area contributed by atoms with Crippen molar-refractivity contribution in [2.75, 3.05) is 6.54 Å². The van der Waals surface area contributed by atoms with E-state index in [-0.39, 0.29) is 24.5 Å². The monoisotopic (exact) mass is 388 g/mol. The molecule has 1 aromatic carbocycles. The lowest BCUT2D eigenvalue weighted by Gasteiger charge is -2.22. The van der Waals surface area contributed by atoms with Crippen LogP contribution in [-0.2, 0) is 11.2 Å². The second-order valence-electron chi connectivity index (χ2n) is 6.33. The molecule has 6 nitrogen and oxygen atoms in total. The Morgan fingerprint density at radius 2 is 2.12 bits per heavy atom. The summed E-state index contributed by atoms with van der Waals surface area (Å²) in [5.74, 6) is -0.617. The largest absolute Gasteiger partial charge is 0.369 e. The molecule has 134 valence electrons. The van der Waals surface area contributed by atoms with Crippen LogP contribution in [0.1, 0.15) is 27.7 Å². The molecule has 0 saturated heterocycles. The number of carbonyl (C=O) groups excluding carboxylic acids is 2. The number of thiophene rings is 1. The number of benzene rings is 1. The number of hydrogen-bond donors (Lipinski definition) is 4. The van der Waals surface area contributed by atoms with Crippen molar-refractivity contribution in [3.05, 3.63) is 57.6 Å². The predicted molar refractivity (Wildman–Crippen MR) is 103 cm³/mol. The van der Waals surface area contributed by atoms with Gasteiger partial charge in [0.1, 0.15) is 10.5 Å². The molecule has 0 unspecified atom stereocenters. The highest BCUT2D eigenvalue weighted by molar-refractivity contribution is 7.22. The van der Waals surface area contributed by atoms with E-state index in [1.165, 1.54) is 11.3 Å². The van der Waals surface area contributed by atoms with Gasteiger partial charge >= 0.3 is 0 Å². The highest BCUT2D eigenvalue weighted by atomic mass is 35.5. The predicted octanol–water partition coefficient (Wildman–Crippen LogP) is 2.35. The van der Waals surface area contributed by atoms with E-state index in [0.29, 0.717) is 16.5 Å². The van der Waals surface area contributed by atoms with Crippen LogP contribution in [0.25, 0.3) is 10.2 Å². The normalized spacial score (nSPS) is 18.8. The lowest BCUT2D eigenvalue weighted by Crippen LogP contribution is -2.44. The third-order valence-electron chi connectivity index (χ3n) is 4.57. The van der Waals surface area contributed by atoms with Crippen LogP contribution in [0.3, 0.4) is 0 Å². The fourth-order valence-electron chi connectivity index (χ4n) is 3.45. The van der Waals surface area contributed by atoms with Crippen LogP contribution in [0.5, 0.6) is 0 Å². The van der Waals surface area contributed by atoms with Gasteiger partial charge in [-0.1, -0.05) is 35.9 Å². The van der Waals surface area contributed by atoms with Crippen LogP contribution in [0.2, 0.25) is 4.34 Å². The Hall–Kier alpha value is -2.35.